The minimum atomic E-state index is -1.25. The predicted octanol–water partition coefficient (Wildman–Crippen LogP) is 6.64. The smallest absolute Gasteiger partial charge is 0.170 e. The number of fused-ring (bicyclic) bond motifs is 1. The van der Waals surface area contributed by atoms with E-state index in [4.69, 9.17) is 16.3 Å². The van der Waals surface area contributed by atoms with E-state index in [0.29, 0.717) is 19.1 Å². The molecule has 4 atom stereocenters. The highest BCUT2D eigenvalue weighted by atomic mass is 35.5. The second-order valence-electron chi connectivity index (χ2n) is 11.4. The van der Waals surface area contributed by atoms with Crippen LogP contribution in [-0.4, -0.2) is 41.8 Å². The summed E-state index contributed by atoms with van der Waals surface area (Å²) in [6.45, 7) is 6.43. The summed E-state index contributed by atoms with van der Waals surface area (Å²) in [6, 6.07) is 12.8. The van der Waals surface area contributed by atoms with Gasteiger partial charge in [0, 0.05) is 50.1 Å². The fourth-order valence-electron chi connectivity index (χ4n) is 5.90. The third-order valence-corrected chi connectivity index (χ3v) is 10.1. The van der Waals surface area contributed by atoms with E-state index in [2.05, 4.69) is 66.9 Å². The maximum Gasteiger partial charge on any atom is 0.170 e. The molecular formula is C31H42ClN3O2S. The maximum absolute atomic E-state index is 13.1. The summed E-state index contributed by atoms with van der Waals surface area (Å²) in [4.78, 5) is 2.29. The molecule has 4 unspecified atom stereocenters. The Morgan fingerprint density at radius 3 is 2.79 bits per heavy atom. The lowest BCUT2D eigenvalue weighted by Gasteiger charge is -2.27. The molecule has 0 saturated heterocycles. The molecule has 206 valence electrons. The predicted molar refractivity (Wildman–Crippen MR) is 159 cm³/mol. The molecule has 1 heterocycles. The SMILES string of the molecule is CCCc1cc(Cl)ccc1C1COc2ccc(CNS(=O)N(C)C(C)C3C=C3CC3CCC3)cc2N(C)C1. The van der Waals surface area contributed by atoms with Crippen LogP contribution in [0.4, 0.5) is 5.69 Å². The molecule has 1 saturated carbocycles. The van der Waals surface area contributed by atoms with Crippen molar-refractivity contribution in [1.29, 1.82) is 0 Å². The summed E-state index contributed by atoms with van der Waals surface area (Å²) in [5.74, 6) is 2.54. The van der Waals surface area contributed by atoms with E-state index in [1.165, 1.54) is 36.8 Å². The van der Waals surface area contributed by atoms with Crippen LogP contribution in [0.15, 0.2) is 48.0 Å². The summed E-state index contributed by atoms with van der Waals surface area (Å²) in [6.07, 6.45) is 9.87. The van der Waals surface area contributed by atoms with Gasteiger partial charge in [0.25, 0.3) is 0 Å². The number of anilines is 1. The third-order valence-electron chi connectivity index (χ3n) is 8.65. The quantitative estimate of drug-likeness (QED) is 0.316. The molecular weight excluding hydrogens is 514 g/mol. The van der Waals surface area contributed by atoms with Gasteiger partial charge >= 0.3 is 0 Å². The molecule has 0 amide bonds. The van der Waals surface area contributed by atoms with Gasteiger partial charge in [-0.25, -0.2) is 13.2 Å². The molecule has 7 heteroatoms. The van der Waals surface area contributed by atoms with Gasteiger partial charge in [0.15, 0.2) is 11.2 Å². The van der Waals surface area contributed by atoms with Gasteiger partial charge in [0.1, 0.15) is 5.75 Å². The molecule has 0 radical (unpaired) electrons. The Hall–Kier alpha value is -1.86. The number of ether oxygens (including phenoxy) is 1. The Morgan fingerprint density at radius 1 is 1.24 bits per heavy atom. The van der Waals surface area contributed by atoms with Crippen LogP contribution in [0, 0.1) is 11.8 Å². The van der Waals surface area contributed by atoms with E-state index in [1.54, 1.807) is 5.57 Å². The molecule has 1 N–H and O–H groups in total. The first-order chi connectivity index (χ1) is 18.3. The topological polar surface area (TPSA) is 44.8 Å². The zero-order valence-corrected chi connectivity index (χ0v) is 24.8. The van der Waals surface area contributed by atoms with Crippen molar-refractivity contribution in [2.45, 2.75) is 70.9 Å². The van der Waals surface area contributed by atoms with Crippen LogP contribution in [-0.2, 0) is 24.1 Å². The average molecular weight is 556 g/mol. The molecule has 2 aromatic carbocycles. The number of likely N-dealkylation sites (N-methyl/N-ethyl adjacent to an activating group) is 1. The minimum absolute atomic E-state index is 0.243. The first-order valence-corrected chi connectivity index (χ1v) is 15.7. The zero-order chi connectivity index (χ0) is 26.8. The molecule has 0 spiro atoms. The standard InChI is InChI=1S/C31H42ClN3O2S/c1-5-7-24-16-27(32)11-12-28(24)26-19-34(3)30-15-23(10-13-31(30)37-20-26)18-33-38(36)35(4)21(2)29-17-25(29)14-22-8-6-9-22/h10-13,15-17,21-22,26,29,33H,5-9,14,18-20H2,1-4H3. The summed E-state index contributed by atoms with van der Waals surface area (Å²) in [7, 11) is 4.09. The van der Waals surface area contributed by atoms with Gasteiger partial charge in [-0.2, -0.15) is 0 Å². The number of nitrogens with zero attached hydrogens (tertiary/aromatic N) is 2. The number of hydrogen-bond acceptors (Lipinski definition) is 3. The molecule has 1 fully saturated rings. The van der Waals surface area contributed by atoms with Crippen LogP contribution in [0.2, 0.25) is 5.02 Å². The lowest BCUT2D eigenvalue weighted by Crippen LogP contribution is -2.39. The summed E-state index contributed by atoms with van der Waals surface area (Å²) in [5, 5.41) is 0.792. The van der Waals surface area contributed by atoms with Crippen LogP contribution >= 0.6 is 11.6 Å². The largest absolute Gasteiger partial charge is 0.491 e. The van der Waals surface area contributed by atoms with E-state index in [9.17, 15) is 4.21 Å². The summed E-state index contributed by atoms with van der Waals surface area (Å²) in [5.41, 5.74) is 6.38. The van der Waals surface area contributed by atoms with Crippen molar-refractivity contribution in [2.24, 2.45) is 11.8 Å². The van der Waals surface area contributed by atoms with Crippen LogP contribution in [0.3, 0.4) is 0 Å². The van der Waals surface area contributed by atoms with Crippen LogP contribution < -0.4 is 14.4 Å². The van der Waals surface area contributed by atoms with Gasteiger partial charge in [-0.15, -0.1) is 0 Å². The van der Waals surface area contributed by atoms with Gasteiger partial charge in [0.2, 0.25) is 0 Å². The Labute approximate surface area is 236 Å². The first kappa shape index (κ1) is 27.7. The number of aryl methyl sites for hydroxylation is 1. The Bertz CT molecular complexity index is 1200. The normalized spacial score (nSPS) is 22.7. The van der Waals surface area contributed by atoms with Crippen molar-refractivity contribution in [2.75, 3.05) is 32.1 Å². The second-order valence-corrected chi connectivity index (χ2v) is 13.2. The summed E-state index contributed by atoms with van der Waals surface area (Å²) >= 11 is 5.06. The molecule has 1 aliphatic heterocycles. The maximum atomic E-state index is 13.1. The number of halogens is 1. The van der Waals surface area contributed by atoms with Gasteiger partial charge < -0.3 is 9.64 Å². The van der Waals surface area contributed by atoms with Crippen molar-refractivity contribution < 1.29 is 8.95 Å². The summed E-state index contributed by atoms with van der Waals surface area (Å²) < 4.78 is 24.6. The number of hydrogen-bond donors (Lipinski definition) is 1. The lowest BCUT2D eigenvalue weighted by atomic mass is 9.81. The molecule has 2 aliphatic carbocycles. The van der Waals surface area contributed by atoms with Crippen molar-refractivity contribution in [3.05, 3.63) is 69.8 Å². The fraction of sp³-hybridized carbons (Fsp3) is 0.548. The van der Waals surface area contributed by atoms with E-state index in [0.717, 1.165) is 47.3 Å². The van der Waals surface area contributed by atoms with Gasteiger partial charge in [0.05, 0.1) is 12.3 Å². The van der Waals surface area contributed by atoms with E-state index in [-0.39, 0.29) is 12.0 Å². The highest BCUT2D eigenvalue weighted by Crippen LogP contribution is 2.43. The van der Waals surface area contributed by atoms with Gasteiger partial charge in [-0.3, -0.25) is 0 Å². The molecule has 0 bridgehead atoms. The third kappa shape index (κ3) is 6.30. The molecule has 38 heavy (non-hydrogen) atoms. The highest BCUT2D eigenvalue weighted by Gasteiger charge is 2.36. The van der Waals surface area contributed by atoms with E-state index >= 15 is 0 Å². The fourth-order valence-corrected chi connectivity index (χ4v) is 7.02. The zero-order valence-electron chi connectivity index (χ0n) is 23.2. The van der Waals surface area contributed by atoms with Crippen LogP contribution in [0.1, 0.15) is 68.6 Å². The van der Waals surface area contributed by atoms with Crippen LogP contribution in [0.5, 0.6) is 5.75 Å². The van der Waals surface area contributed by atoms with Crippen molar-refractivity contribution >= 4 is 28.5 Å². The number of benzene rings is 2. The minimum Gasteiger partial charge on any atom is -0.491 e. The number of rotatable bonds is 11. The van der Waals surface area contributed by atoms with Crippen LogP contribution in [0.25, 0.3) is 0 Å². The molecule has 5 nitrogen and oxygen atoms in total. The lowest BCUT2D eigenvalue weighted by molar-refractivity contribution is 0.299. The van der Waals surface area contributed by atoms with Crippen molar-refractivity contribution in [1.82, 2.24) is 9.03 Å². The molecule has 0 aromatic heterocycles. The Kier molecular flexibility index (Phi) is 8.83. The van der Waals surface area contributed by atoms with Gasteiger partial charge in [-0.1, -0.05) is 68.0 Å². The molecule has 3 aliphatic rings. The van der Waals surface area contributed by atoms with Gasteiger partial charge in [-0.05, 0) is 66.6 Å². The van der Waals surface area contributed by atoms with E-state index < -0.39 is 11.2 Å². The highest BCUT2D eigenvalue weighted by molar-refractivity contribution is 7.80. The number of nitrogens with one attached hydrogen (secondary N) is 1. The Morgan fingerprint density at radius 2 is 2.05 bits per heavy atom. The monoisotopic (exact) mass is 555 g/mol. The average Bonchev–Trinajstić information content (AvgIpc) is 3.68. The van der Waals surface area contributed by atoms with Crippen molar-refractivity contribution in [3.63, 3.8) is 0 Å². The Balaban J connectivity index is 1.18. The second kappa shape index (κ2) is 12.1. The first-order valence-electron chi connectivity index (χ1n) is 14.2. The van der Waals surface area contributed by atoms with E-state index in [1.807, 2.05) is 17.4 Å². The molecule has 5 rings (SSSR count). The van der Waals surface area contributed by atoms with Crippen molar-refractivity contribution in [3.8, 4) is 5.75 Å². The molecule has 2 aromatic rings.